The van der Waals surface area contributed by atoms with Gasteiger partial charge in [-0.15, -0.1) is 11.8 Å². The Bertz CT molecular complexity index is 767. The summed E-state index contributed by atoms with van der Waals surface area (Å²) >= 11 is 1.68. The van der Waals surface area contributed by atoms with Crippen LogP contribution < -0.4 is 0 Å². The molecule has 20 heavy (non-hydrogen) atoms. The minimum atomic E-state index is 0.371. The summed E-state index contributed by atoms with van der Waals surface area (Å²) in [5.41, 5.74) is 2.06. The number of benzene rings is 1. The summed E-state index contributed by atoms with van der Waals surface area (Å²) < 4.78 is 5.21. The summed E-state index contributed by atoms with van der Waals surface area (Å²) in [7, 11) is 0. The van der Waals surface area contributed by atoms with E-state index in [4.69, 9.17) is 9.78 Å². The molecule has 0 unspecified atom stereocenters. The molecule has 0 bridgehead atoms. The lowest BCUT2D eigenvalue weighted by Crippen LogP contribution is -1.81. The molecule has 5 nitrogen and oxygen atoms in total. The molecule has 1 aromatic carbocycles. The molecule has 98 valence electrons. The van der Waals surface area contributed by atoms with Crippen molar-refractivity contribution in [3.05, 3.63) is 42.1 Å². The predicted octanol–water partition coefficient (Wildman–Crippen LogP) is 3.33. The van der Waals surface area contributed by atoms with E-state index in [1.807, 2.05) is 36.6 Å². The Balaban J connectivity index is 1.91. The van der Waals surface area contributed by atoms with Gasteiger partial charge in [-0.3, -0.25) is 0 Å². The van der Waals surface area contributed by atoms with E-state index in [1.54, 1.807) is 24.0 Å². The molecule has 1 N–H and O–H groups in total. The van der Waals surface area contributed by atoms with Crippen molar-refractivity contribution in [3.8, 4) is 29.0 Å². The zero-order valence-electron chi connectivity index (χ0n) is 10.6. The SMILES string of the molecule is CSc1ccc(-c2noc(-c3cc(C#N)c[nH]3)n2)cc1. The van der Waals surface area contributed by atoms with Crippen LogP contribution in [0.3, 0.4) is 0 Å². The van der Waals surface area contributed by atoms with Gasteiger partial charge >= 0.3 is 0 Å². The van der Waals surface area contributed by atoms with Crippen LogP contribution in [0.4, 0.5) is 0 Å². The largest absolute Gasteiger partial charge is 0.356 e. The summed E-state index contributed by atoms with van der Waals surface area (Å²) in [6.45, 7) is 0. The number of hydrogen-bond acceptors (Lipinski definition) is 5. The van der Waals surface area contributed by atoms with Crippen molar-refractivity contribution in [2.45, 2.75) is 4.90 Å². The Labute approximate surface area is 119 Å². The van der Waals surface area contributed by atoms with Crippen molar-refractivity contribution >= 4 is 11.8 Å². The molecule has 0 spiro atoms. The second kappa shape index (κ2) is 5.23. The zero-order valence-corrected chi connectivity index (χ0v) is 11.4. The van der Waals surface area contributed by atoms with Gasteiger partial charge in [-0.1, -0.05) is 5.16 Å². The molecule has 0 radical (unpaired) electrons. The van der Waals surface area contributed by atoms with Crippen LogP contribution in [-0.4, -0.2) is 21.4 Å². The van der Waals surface area contributed by atoms with Gasteiger partial charge in [-0.25, -0.2) is 0 Å². The number of hydrogen-bond donors (Lipinski definition) is 1. The van der Waals surface area contributed by atoms with Crippen LogP contribution in [0.15, 0.2) is 45.9 Å². The predicted molar refractivity (Wildman–Crippen MR) is 76.0 cm³/mol. The fourth-order valence-electron chi connectivity index (χ4n) is 1.77. The first-order valence-corrected chi connectivity index (χ1v) is 7.09. The van der Waals surface area contributed by atoms with Crippen molar-refractivity contribution in [2.24, 2.45) is 0 Å². The van der Waals surface area contributed by atoms with Crippen molar-refractivity contribution in [1.82, 2.24) is 15.1 Å². The normalized spacial score (nSPS) is 10.4. The molecule has 2 aromatic heterocycles. The molecule has 0 fully saturated rings. The van der Waals surface area contributed by atoms with Gasteiger partial charge in [0.2, 0.25) is 5.82 Å². The van der Waals surface area contributed by atoms with E-state index in [2.05, 4.69) is 15.1 Å². The van der Waals surface area contributed by atoms with Crippen molar-refractivity contribution < 1.29 is 4.52 Å². The highest BCUT2D eigenvalue weighted by molar-refractivity contribution is 7.98. The lowest BCUT2D eigenvalue weighted by Gasteiger charge is -1.96. The smallest absolute Gasteiger partial charge is 0.274 e. The van der Waals surface area contributed by atoms with Gasteiger partial charge in [-0.2, -0.15) is 10.2 Å². The van der Waals surface area contributed by atoms with Crippen molar-refractivity contribution in [2.75, 3.05) is 6.26 Å². The second-order valence-electron chi connectivity index (χ2n) is 4.07. The molecule has 0 atom stereocenters. The van der Waals surface area contributed by atoms with E-state index in [0.29, 0.717) is 23.0 Å². The van der Waals surface area contributed by atoms with Crippen LogP contribution in [0.25, 0.3) is 23.0 Å². The number of aromatic nitrogens is 3. The Morgan fingerprint density at radius 1 is 1.30 bits per heavy atom. The number of thioether (sulfide) groups is 1. The first kappa shape index (κ1) is 12.5. The molecule has 3 rings (SSSR count). The molecule has 0 aliphatic heterocycles. The molecule has 3 aromatic rings. The molecule has 0 saturated carbocycles. The highest BCUT2D eigenvalue weighted by atomic mass is 32.2. The fraction of sp³-hybridized carbons (Fsp3) is 0.0714. The number of rotatable bonds is 3. The Hall–Kier alpha value is -2.52. The van der Waals surface area contributed by atoms with Gasteiger partial charge in [0.05, 0.1) is 5.56 Å². The van der Waals surface area contributed by atoms with E-state index >= 15 is 0 Å². The Kier molecular flexibility index (Phi) is 3.27. The average molecular weight is 282 g/mol. The van der Waals surface area contributed by atoms with Gasteiger partial charge in [-0.05, 0) is 36.6 Å². The average Bonchev–Trinajstić information content (AvgIpc) is 3.16. The van der Waals surface area contributed by atoms with Crippen LogP contribution >= 0.6 is 11.8 Å². The van der Waals surface area contributed by atoms with E-state index in [9.17, 15) is 0 Å². The number of aromatic amines is 1. The van der Waals surface area contributed by atoms with E-state index < -0.39 is 0 Å². The Morgan fingerprint density at radius 2 is 2.10 bits per heavy atom. The molecule has 2 heterocycles. The molecule has 0 aliphatic carbocycles. The summed E-state index contributed by atoms with van der Waals surface area (Å²) in [6, 6.07) is 11.7. The summed E-state index contributed by atoms with van der Waals surface area (Å²) in [5, 5.41) is 12.7. The summed E-state index contributed by atoms with van der Waals surface area (Å²) in [6.07, 6.45) is 3.63. The topological polar surface area (TPSA) is 78.5 Å². The molecule has 6 heteroatoms. The van der Waals surface area contributed by atoms with Crippen LogP contribution in [0.1, 0.15) is 5.56 Å². The monoisotopic (exact) mass is 282 g/mol. The minimum absolute atomic E-state index is 0.371. The molecule has 0 aliphatic rings. The molecular weight excluding hydrogens is 272 g/mol. The first-order valence-electron chi connectivity index (χ1n) is 5.87. The minimum Gasteiger partial charge on any atom is -0.356 e. The van der Waals surface area contributed by atoms with E-state index in [0.717, 1.165) is 5.56 Å². The van der Waals surface area contributed by atoms with Crippen LogP contribution in [0.2, 0.25) is 0 Å². The molecule has 0 saturated heterocycles. The quantitative estimate of drug-likeness (QED) is 0.745. The first-order chi connectivity index (χ1) is 9.80. The molecular formula is C14H10N4OS. The van der Waals surface area contributed by atoms with Crippen LogP contribution in [0.5, 0.6) is 0 Å². The maximum absolute atomic E-state index is 8.79. The standard InChI is InChI=1S/C14H10N4OS/c1-20-11-4-2-10(3-5-11)13-17-14(19-18-13)12-6-9(7-15)8-16-12/h2-6,8,16H,1H3. The highest BCUT2D eigenvalue weighted by Gasteiger charge is 2.12. The van der Waals surface area contributed by atoms with Crippen LogP contribution in [0, 0.1) is 11.3 Å². The number of nitrogens with zero attached hydrogens (tertiary/aromatic N) is 3. The third-order valence-electron chi connectivity index (χ3n) is 2.82. The maximum atomic E-state index is 8.79. The van der Waals surface area contributed by atoms with E-state index in [1.165, 1.54) is 4.90 Å². The van der Waals surface area contributed by atoms with Crippen molar-refractivity contribution in [1.29, 1.82) is 5.26 Å². The fourth-order valence-corrected chi connectivity index (χ4v) is 2.18. The number of nitriles is 1. The lowest BCUT2D eigenvalue weighted by atomic mass is 10.2. The van der Waals surface area contributed by atoms with E-state index in [-0.39, 0.29) is 0 Å². The summed E-state index contributed by atoms with van der Waals surface area (Å²) in [4.78, 5) is 8.44. The van der Waals surface area contributed by atoms with Gasteiger partial charge in [0.15, 0.2) is 0 Å². The van der Waals surface area contributed by atoms with Gasteiger partial charge in [0.1, 0.15) is 11.8 Å². The lowest BCUT2D eigenvalue weighted by molar-refractivity contribution is 0.431. The van der Waals surface area contributed by atoms with Gasteiger partial charge < -0.3 is 9.51 Å². The maximum Gasteiger partial charge on any atom is 0.274 e. The van der Waals surface area contributed by atoms with Gasteiger partial charge in [0.25, 0.3) is 5.89 Å². The van der Waals surface area contributed by atoms with Crippen molar-refractivity contribution in [3.63, 3.8) is 0 Å². The number of nitrogens with one attached hydrogen (secondary N) is 1. The highest BCUT2D eigenvalue weighted by Crippen LogP contribution is 2.24. The third-order valence-corrected chi connectivity index (χ3v) is 3.56. The Morgan fingerprint density at radius 3 is 2.75 bits per heavy atom. The third kappa shape index (κ3) is 2.31. The van der Waals surface area contributed by atoms with Gasteiger partial charge in [0, 0.05) is 16.7 Å². The second-order valence-corrected chi connectivity index (χ2v) is 4.95. The molecule has 0 amide bonds. The summed E-state index contributed by atoms with van der Waals surface area (Å²) in [5.74, 6) is 0.899. The number of H-pyrrole nitrogens is 1. The zero-order chi connectivity index (χ0) is 13.9. The van der Waals surface area contributed by atoms with Crippen LogP contribution in [-0.2, 0) is 0 Å².